The Labute approximate surface area is 154 Å². The zero-order valence-corrected chi connectivity index (χ0v) is 15.2. The van der Waals surface area contributed by atoms with Crippen LogP contribution in [0.1, 0.15) is 27.3 Å². The summed E-state index contributed by atoms with van der Waals surface area (Å²) < 4.78 is 5.64. The van der Waals surface area contributed by atoms with Crippen LogP contribution in [0.3, 0.4) is 0 Å². The average molecular weight is 370 g/mol. The number of ether oxygens (including phenoxy) is 1. The van der Waals surface area contributed by atoms with Crippen molar-refractivity contribution >= 4 is 36.4 Å². The van der Waals surface area contributed by atoms with Gasteiger partial charge in [-0.25, -0.2) is 0 Å². The number of pyridine rings is 1. The standard InChI is InChI=1S/C17H19N3O2.2ClH/c1-11-3-5-15(12(2)19-11)17(21)20-14-4-6-16-13(9-14)10-18-7-8-22-16;;/h3-6,9,18H,7-8,10H2,1-2H3,(H,20,21);2*1H. The van der Waals surface area contributed by atoms with Gasteiger partial charge in [-0.3, -0.25) is 9.78 Å². The smallest absolute Gasteiger partial charge is 0.257 e. The van der Waals surface area contributed by atoms with Crippen molar-refractivity contribution in [1.82, 2.24) is 10.3 Å². The first-order valence-corrected chi connectivity index (χ1v) is 7.35. The van der Waals surface area contributed by atoms with Crippen LogP contribution in [0.15, 0.2) is 30.3 Å². The van der Waals surface area contributed by atoms with E-state index in [1.807, 2.05) is 38.1 Å². The highest BCUT2D eigenvalue weighted by atomic mass is 35.5. The molecule has 0 bridgehead atoms. The minimum absolute atomic E-state index is 0. The SMILES string of the molecule is Cc1ccc(C(=O)Nc2ccc3c(c2)CNCCO3)c(C)n1.Cl.Cl. The maximum absolute atomic E-state index is 12.4. The van der Waals surface area contributed by atoms with E-state index in [0.717, 1.165) is 41.5 Å². The number of hydrogen-bond donors (Lipinski definition) is 2. The van der Waals surface area contributed by atoms with Gasteiger partial charge in [0.1, 0.15) is 12.4 Å². The number of carbonyl (C=O) groups excluding carboxylic acids is 1. The summed E-state index contributed by atoms with van der Waals surface area (Å²) >= 11 is 0. The van der Waals surface area contributed by atoms with Crippen LogP contribution in [0.2, 0.25) is 0 Å². The molecule has 24 heavy (non-hydrogen) atoms. The van der Waals surface area contributed by atoms with Crippen LogP contribution in [0, 0.1) is 13.8 Å². The summed E-state index contributed by atoms with van der Waals surface area (Å²) in [4.78, 5) is 16.7. The zero-order valence-electron chi connectivity index (χ0n) is 13.6. The number of benzene rings is 1. The number of fused-ring (bicyclic) bond motifs is 1. The predicted molar refractivity (Wildman–Crippen MR) is 99.8 cm³/mol. The van der Waals surface area contributed by atoms with Crippen molar-refractivity contribution in [3.63, 3.8) is 0 Å². The summed E-state index contributed by atoms with van der Waals surface area (Å²) in [6.07, 6.45) is 0. The molecule has 1 aromatic heterocycles. The van der Waals surface area contributed by atoms with Crippen LogP contribution in [0.5, 0.6) is 5.75 Å². The third-order valence-electron chi connectivity index (χ3n) is 3.64. The number of anilines is 1. The van der Waals surface area contributed by atoms with Crippen LogP contribution < -0.4 is 15.4 Å². The van der Waals surface area contributed by atoms with Gasteiger partial charge in [0.15, 0.2) is 0 Å². The Kier molecular flexibility index (Phi) is 7.48. The van der Waals surface area contributed by atoms with Crippen LogP contribution in [0.4, 0.5) is 5.69 Å². The molecule has 1 aromatic carbocycles. The summed E-state index contributed by atoms with van der Waals surface area (Å²) in [5.41, 5.74) is 4.04. The molecular formula is C17H21Cl2N3O2. The van der Waals surface area contributed by atoms with Crippen molar-refractivity contribution in [2.24, 2.45) is 0 Å². The summed E-state index contributed by atoms with van der Waals surface area (Å²) in [6.45, 7) is 5.98. The maximum Gasteiger partial charge on any atom is 0.257 e. The second-order valence-corrected chi connectivity index (χ2v) is 5.39. The largest absolute Gasteiger partial charge is 0.492 e. The number of amides is 1. The minimum atomic E-state index is -0.146. The highest BCUT2D eigenvalue weighted by Gasteiger charge is 2.13. The zero-order chi connectivity index (χ0) is 15.5. The second kappa shape index (κ2) is 8.87. The lowest BCUT2D eigenvalue weighted by molar-refractivity contribution is 0.102. The Bertz CT molecular complexity index is 723. The molecular weight excluding hydrogens is 349 g/mol. The van der Waals surface area contributed by atoms with Gasteiger partial charge in [-0.1, -0.05) is 0 Å². The van der Waals surface area contributed by atoms with E-state index in [4.69, 9.17) is 4.74 Å². The molecule has 2 aromatic rings. The van der Waals surface area contributed by atoms with Gasteiger partial charge >= 0.3 is 0 Å². The van der Waals surface area contributed by atoms with Gasteiger partial charge in [0, 0.05) is 30.0 Å². The summed E-state index contributed by atoms with van der Waals surface area (Å²) in [7, 11) is 0. The molecule has 0 unspecified atom stereocenters. The molecule has 1 aliphatic rings. The number of carbonyl (C=O) groups is 1. The number of nitrogens with zero attached hydrogens (tertiary/aromatic N) is 1. The van der Waals surface area contributed by atoms with Crippen LogP contribution in [0.25, 0.3) is 0 Å². The maximum atomic E-state index is 12.4. The Morgan fingerprint density at radius 1 is 1.21 bits per heavy atom. The summed E-state index contributed by atoms with van der Waals surface area (Å²) in [6, 6.07) is 9.36. The van der Waals surface area contributed by atoms with Crippen LogP contribution >= 0.6 is 24.8 Å². The molecule has 0 saturated heterocycles. The second-order valence-electron chi connectivity index (χ2n) is 5.39. The summed E-state index contributed by atoms with van der Waals surface area (Å²) in [5.74, 6) is 0.726. The van der Waals surface area contributed by atoms with E-state index >= 15 is 0 Å². The van der Waals surface area contributed by atoms with Gasteiger partial charge in [0.25, 0.3) is 5.91 Å². The molecule has 3 rings (SSSR count). The molecule has 1 amide bonds. The van der Waals surface area contributed by atoms with Gasteiger partial charge < -0.3 is 15.4 Å². The van der Waals surface area contributed by atoms with E-state index in [1.54, 1.807) is 6.07 Å². The molecule has 0 radical (unpaired) electrons. The third kappa shape index (κ3) is 4.60. The van der Waals surface area contributed by atoms with E-state index in [1.165, 1.54) is 0 Å². The van der Waals surface area contributed by atoms with E-state index in [9.17, 15) is 4.79 Å². The molecule has 0 atom stereocenters. The van der Waals surface area contributed by atoms with Crippen molar-refractivity contribution < 1.29 is 9.53 Å². The lowest BCUT2D eigenvalue weighted by Crippen LogP contribution is -2.16. The highest BCUT2D eigenvalue weighted by molar-refractivity contribution is 6.05. The van der Waals surface area contributed by atoms with Crippen molar-refractivity contribution in [1.29, 1.82) is 0 Å². The normalized spacial score (nSPS) is 12.6. The number of hydrogen-bond acceptors (Lipinski definition) is 4. The fraction of sp³-hybridized carbons (Fsp3) is 0.294. The van der Waals surface area contributed by atoms with Crippen molar-refractivity contribution in [2.75, 3.05) is 18.5 Å². The molecule has 2 heterocycles. The highest BCUT2D eigenvalue weighted by Crippen LogP contribution is 2.24. The molecule has 0 saturated carbocycles. The van der Waals surface area contributed by atoms with E-state index in [0.29, 0.717) is 12.2 Å². The van der Waals surface area contributed by atoms with Gasteiger partial charge in [0.05, 0.1) is 11.3 Å². The molecule has 0 aliphatic carbocycles. The third-order valence-corrected chi connectivity index (χ3v) is 3.64. The molecule has 5 nitrogen and oxygen atoms in total. The van der Waals surface area contributed by atoms with Crippen molar-refractivity contribution in [3.05, 3.63) is 52.8 Å². The van der Waals surface area contributed by atoms with Gasteiger partial charge in [-0.2, -0.15) is 0 Å². The number of rotatable bonds is 2. The van der Waals surface area contributed by atoms with Crippen LogP contribution in [-0.2, 0) is 6.54 Å². The van der Waals surface area contributed by atoms with E-state index in [-0.39, 0.29) is 30.7 Å². The Morgan fingerprint density at radius 3 is 2.75 bits per heavy atom. The topological polar surface area (TPSA) is 63.2 Å². The molecule has 130 valence electrons. The quantitative estimate of drug-likeness (QED) is 0.852. The van der Waals surface area contributed by atoms with Gasteiger partial charge in [-0.15, -0.1) is 24.8 Å². The monoisotopic (exact) mass is 369 g/mol. The average Bonchev–Trinajstić information content (AvgIpc) is 2.71. The Hall–Kier alpha value is -1.82. The first kappa shape index (κ1) is 20.2. The lowest BCUT2D eigenvalue weighted by atomic mass is 10.1. The predicted octanol–water partition coefficient (Wildman–Crippen LogP) is 3.28. The van der Waals surface area contributed by atoms with Crippen molar-refractivity contribution in [3.8, 4) is 5.75 Å². The number of halogens is 2. The van der Waals surface area contributed by atoms with Gasteiger partial charge in [0.2, 0.25) is 0 Å². The fourth-order valence-corrected chi connectivity index (χ4v) is 2.52. The first-order valence-electron chi connectivity index (χ1n) is 7.35. The van der Waals surface area contributed by atoms with Crippen LogP contribution in [-0.4, -0.2) is 24.0 Å². The number of aryl methyl sites for hydroxylation is 2. The molecule has 0 fully saturated rings. The fourth-order valence-electron chi connectivity index (χ4n) is 2.52. The van der Waals surface area contributed by atoms with Crippen molar-refractivity contribution in [2.45, 2.75) is 20.4 Å². The van der Waals surface area contributed by atoms with E-state index in [2.05, 4.69) is 15.6 Å². The lowest BCUT2D eigenvalue weighted by Gasteiger charge is -2.11. The molecule has 7 heteroatoms. The number of nitrogens with one attached hydrogen (secondary N) is 2. The van der Waals surface area contributed by atoms with Gasteiger partial charge in [-0.05, 0) is 44.2 Å². The Morgan fingerprint density at radius 2 is 2.00 bits per heavy atom. The number of aromatic nitrogens is 1. The molecule has 0 spiro atoms. The van der Waals surface area contributed by atoms with E-state index < -0.39 is 0 Å². The molecule has 1 aliphatic heterocycles. The minimum Gasteiger partial charge on any atom is -0.492 e. The molecule has 2 N–H and O–H groups in total. The summed E-state index contributed by atoms with van der Waals surface area (Å²) in [5, 5.41) is 6.21. The first-order chi connectivity index (χ1) is 10.6. The Balaban J connectivity index is 0.00000144.